The Kier molecular flexibility index (Phi) is 68.7. The van der Waals surface area contributed by atoms with Gasteiger partial charge in [0.05, 0.1) is 26.4 Å². The zero-order chi connectivity index (χ0) is 73.8. The molecule has 0 aromatic carbocycles. The maximum Gasteiger partial charge on any atom is 0.472 e. The maximum atomic E-state index is 13.1. The van der Waals surface area contributed by atoms with E-state index in [2.05, 4.69) is 55.4 Å². The van der Waals surface area contributed by atoms with Crippen LogP contribution in [0, 0.1) is 23.7 Å². The smallest absolute Gasteiger partial charge is 0.462 e. The molecule has 0 rings (SSSR count). The average Bonchev–Trinajstić information content (AvgIpc) is 0.932. The summed E-state index contributed by atoms with van der Waals surface area (Å²) in [6.45, 7) is 14.2. The van der Waals surface area contributed by atoms with Gasteiger partial charge < -0.3 is 33.8 Å². The molecule has 0 saturated heterocycles. The van der Waals surface area contributed by atoms with E-state index in [9.17, 15) is 43.2 Å². The number of esters is 4. The normalized spacial score (nSPS) is 14.3. The summed E-state index contributed by atoms with van der Waals surface area (Å²) < 4.78 is 68.6. The predicted molar refractivity (Wildman–Crippen MR) is 409 cm³/mol. The van der Waals surface area contributed by atoms with Crippen molar-refractivity contribution in [2.75, 3.05) is 39.6 Å². The second-order valence-corrected chi connectivity index (χ2v) is 33.7. The van der Waals surface area contributed by atoms with Gasteiger partial charge in [-0.25, -0.2) is 9.13 Å². The Morgan fingerprint density at radius 1 is 0.280 bits per heavy atom. The Balaban J connectivity index is 5.17. The number of aliphatic hydroxyl groups is 1. The number of carbonyl (C=O) groups excluding carboxylic acids is 4. The zero-order valence-electron chi connectivity index (χ0n) is 65.8. The van der Waals surface area contributed by atoms with Crippen LogP contribution >= 0.6 is 15.6 Å². The predicted octanol–water partition coefficient (Wildman–Crippen LogP) is 24.0. The van der Waals surface area contributed by atoms with Gasteiger partial charge >= 0.3 is 39.5 Å². The molecule has 0 radical (unpaired) electrons. The number of hydrogen-bond acceptors (Lipinski definition) is 15. The molecule has 0 aliphatic carbocycles. The number of ether oxygens (including phenoxy) is 4. The molecule has 19 heteroatoms. The minimum Gasteiger partial charge on any atom is -0.462 e. The third-order valence-electron chi connectivity index (χ3n) is 19.2. The van der Waals surface area contributed by atoms with Crippen LogP contribution in [0.25, 0.3) is 0 Å². The van der Waals surface area contributed by atoms with Crippen molar-refractivity contribution in [2.45, 2.75) is 433 Å². The third-order valence-corrected chi connectivity index (χ3v) is 21.1. The molecule has 0 heterocycles. The van der Waals surface area contributed by atoms with Gasteiger partial charge in [0.15, 0.2) is 12.2 Å². The van der Waals surface area contributed by atoms with Gasteiger partial charge in [0.2, 0.25) is 0 Å². The Labute approximate surface area is 613 Å². The lowest BCUT2D eigenvalue weighted by atomic mass is 9.99. The summed E-state index contributed by atoms with van der Waals surface area (Å²) in [6.07, 6.45) is 57.1. The Bertz CT molecular complexity index is 1960. The van der Waals surface area contributed by atoms with E-state index in [0.717, 1.165) is 114 Å². The molecule has 0 aliphatic heterocycles. The van der Waals surface area contributed by atoms with Crippen LogP contribution in [0.15, 0.2) is 0 Å². The molecule has 6 atom stereocenters. The van der Waals surface area contributed by atoms with Gasteiger partial charge in [0, 0.05) is 25.7 Å². The highest BCUT2D eigenvalue weighted by Crippen LogP contribution is 2.45. The highest BCUT2D eigenvalue weighted by molar-refractivity contribution is 7.47. The summed E-state index contributed by atoms with van der Waals surface area (Å²) in [5.74, 6) is 0.976. The van der Waals surface area contributed by atoms with Gasteiger partial charge in [-0.15, -0.1) is 0 Å². The Morgan fingerprint density at radius 2 is 0.480 bits per heavy atom. The monoisotopic (exact) mass is 1470 g/mol. The Morgan fingerprint density at radius 3 is 0.710 bits per heavy atom. The van der Waals surface area contributed by atoms with E-state index in [-0.39, 0.29) is 25.7 Å². The van der Waals surface area contributed by atoms with Crippen LogP contribution in [0.4, 0.5) is 0 Å². The minimum absolute atomic E-state index is 0.106. The number of phosphoric acid groups is 2. The fraction of sp³-hybridized carbons (Fsp3) is 0.951. The molecule has 0 aromatic rings. The van der Waals surface area contributed by atoms with Gasteiger partial charge in [-0.2, -0.15) is 0 Å². The van der Waals surface area contributed by atoms with Crippen molar-refractivity contribution < 1.29 is 80.2 Å². The van der Waals surface area contributed by atoms with Crippen LogP contribution in [-0.4, -0.2) is 96.7 Å². The molecule has 3 N–H and O–H groups in total. The molecular formula is C81H158O17P2. The standard InChI is InChI=1S/C81H158O17P2/c1-9-74(8)60-52-44-35-29-22-18-14-12-10-11-13-15-19-24-31-37-47-55-63-80(85)98-77(68-92-79(84)62-54-46-40-39-43-51-59-73(6)7)70-96-100(89,90)94-66-75(82)65-93-99(87,88)95-69-76(97-81(86)64-56-48-38-32-26-25-28-34-42-50-58-72(4)5)67-91-78(83)61-53-45-36-30-23-20-16-17-21-27-33-41-49-57-71(2)3/h71-77,82H,9-70H2,1-8H3,(H,87,88)(H,89,90)/t74?,75-,76-,77-/m1/s1. The lowest BCUT2D eigenvalue weighted by Gasteiger charge is -2.21. The SMILES string of the molecule is CCC(C)CCCCCCCCCCCCCCCCCCCCC(=O)O[C@H](COC(=O)CCCCCCCCC(C)C)COP(=O)(O)OC[C@H](O)COP(=O)(O)OC[C@@H](COC(=O)CCCCCCCCCCCCCCCC(C)C)OC(=O)CCCCCCCCCCCCC(C)C. The lowest BCUT2D eigenvalue weighted by Crippen LogP contribution is -2.30. The summed E-state index contributed by atoms with van der Waals surface area (Å²) in [5, 5.41) is 10.6. The van der Waals surface area contributed by atoms with Crippen molar-refractivity contribution >= 4 is 39.5 Å². The summed E-state index contributed by atoms with van der Waals surface area (Å²) in [7, 11) is -9.92. The molecule has 17 nitrogen and oxygen atoms in total. The van der Waals surface area contributed by atoms with Crippen molar-refractivity contribution in [3.05, 3.63) is 0 Å². The quantitative estimate of drug-likeness (QED) is 0.0222. The van der Waals surface area contributed by atoms with Gasteiger partial charge in [0.1, 0.15) is 19.3 Å². The van der Waals surface area contributed by atoms with Crippen molar-refractivity contribution in [1.29, 1.82) is 0 Å². The van der Waals surface area contributed by atoms with Crippen LogP contribution in [0.3, 0.4) is 0 Å². The second kappa shape index (κ2) is 70.1. The van der Waals surface area contributed by atoms with Crippen molar-refractivity contribution in [3.63, 3.8) is 0 Å². The lowest BCUT2D eigenvalue weighted by molar-refractivity contribution is -0.161. The fourth-order valence-corrected chi connectivity index (χ4v) is 14.0. The van der Waals surface area contributed by atoms with Gasteiger partial charge in [-0.05, 0) is 49.4 Å². The van der Waals surface area contributed by atoms with Crippen molar-refractivity contribution in [3.8, 4) is 0 Å². The minimum atomic E-state index is -4.96. The molecule has 0 fully saturated rings. The number of rotatable bonds is 78. The van der Waals surface area contributed by atoms with Crippen molar-refractivity contribution in [2.24, 2.45) is 23.7 Å². The molecule has 100 heavy (non-hydrogen) atoms. The van der Waals surface area contributed by atoms with E-state index in [4.69, 9.17) is 37.0 Å². The highest BCUT2D eigenvalue weighted by atomic mass is 31.2. The molecule has 0 saturated carbocycles. The number of carbonyl (C=O) groups is 4. The number of aliphatic hydroxyl groups excluding tert-OH is 1. The summed E-state index contributed by atoms with van der Waals surface area (Å²) in [5.41, 5.74) is 0. The highest BCUT2D eigenvalue weighted by Gasteiger charge is 2.30. The van der Waals surface area contributed by atoms with E-state index in [1.807, 2.05) is 0 Å². The second-order valence-electron chi connectivity index (χ2n) is 30.8. The largest absolute Gasteiger partial charge is 0.472 e. The zero-order valence-corrected chi connectivity index (χ0v) is 67.6. The molecule has 0 amide bonds. The molecule has 0 spiro atoms. The number of unbranched alkanes of at least 4 members (excludes halogenated alkanes) is 43. The average molecular weight is 1470 g/mol. The molecule has 594 valence electrons. The summed E-state index contributed by atoms with van der Waals surface area (Å²) in [6, 6.07) is 0. The van der Waals surface area contributed by atoms with E-state index in [1.165, 1.54) is 212 Å². The van der Waals surface area contributed by atoms with E-state index >= 15 is 0 Å². The van der Waals surface area contributed by atoms with E-state index in [0.29, 0.717) is 31.6 Å². The van der Waals surface area contributed by atoms with Gasteiger partial charge in [-0.3, -0.25) is 37.3 Å². The van der Waals surface area contributed by atoms with Crippen molar-refractivity contribution in [1.82, 2.24) is 0 Å². The third kappa shape index (κ3) is 73.0. The number of phosphoric ester groups is 2. The first-order valence-corrected chi connectivity index (χ1v) is 44.7. The van der Waals surface area contributed by atoms with E-state index in [1.54, 1.807) is 0 Å². The molecule has 0 aromatic heterocycles. The van der Waals surface area contributed by atoms with E-state index < -0.39 is 97.5 Å². The first kappa shape index (κ1) is 98.1. The molecular weight excluding hydrogens is 1310 g/mol. The molecule has 0 bridgehead atoms. The first-order chi connectivity index (χ1) is 48.1. The van der Waals surface area contributed by atoms with Crippen LogP contribution in [0.5, 0.6) is 0 Å². The van der Waals surface area contributed by atoms with Crippen LogP contribution in [0.2, 0.25) is 0 Å². The Hall–Kier alpha value is -1.94. The first-order valence-electron chi connectivity index (χ1n) is 41.7. The van der Waals surface area contributed by atoms with Crippen LogP contribution < -0.4 is 0 Å². The topological polar surface area (TPSA) is 237 Å². The van der Waals surface area contributed by atoms with Crippen LogP contribution in [-0.2, 0) is 65.4 Å². The number of hydrogen-bond donors (Lipinski definition) is 3. The van der Waals surface area contributed by atoms with Gasteiger partial charge in [-0.1, -0.05) is 364 Å². The molecule has 3 unspecified atom stereocenters. The molecule has 0 aliphatic rings. The maximum absolute atomic E-state index is 13.1. The fourth-order valence-electron chi connectivity index (χ4n) is 12.4. The summed E-state index contributed by atoms with van der Waals surface area (Å²) >= 11 is 0. The van der Waals surface area contributed by atoms with Gasteiger partial charge in [0.25, 0.3) is 0 Å². The van der Waals surface area contributed by atoms with Crippen LogP contribution in [0.1, 0.15) is 415 Å². The summed E-state index contributed by atoms with van der Waals surface area (Å²) in [4.78, 5) is 72.9.